The van der Waals surface area contributed by atoms with Crippen molar-refractivity contribution in [2.75, 3.05) is 6.61 Å². The van der Waals surface area contributed by atoms with E-state index in [4.69, 9.17) is 9.79 Å². The standard InChI is InChI=1S/C19H11F8O7P/c20-16(21,17(22,23)18(24,25)19(26,27)34-35(30,31)32)8-33-9-5-6-12-13(7-9)15(29)11-4-2-1-3-10(11)14(12)28/h1-7H,8H2,(H2,30,31,32). The molecule has 7 nitrogen and oxygen atoms in total. The van der Waals surface area contributed by atoms with Gasteiger partial charge in [-0.25, -0.2) is 9.09 Å². The molecule has 1 aliphatic carbocycles. The average molecular weight is 534 g/mol. The van der Waals surface area contributed by atoms with Crippen LogP contribution in [0.5, 0.6) is 5.75 Å². The lowest BCUT2D eigenvalue weighted by atomic mass is 9.84. The minimum absolute atomic E-state index is 0.0329. The van der Waals surface area contributed by atoms with Crippen LogP contribution in [0, 0.1) is 0 Å². The molecule has 2 aromatic carbocycles. The molecule has 0 radical (unpaired) electrons. The molecule has 2 N–H and O–H groups in total. The van der Waals surface area contributed by atoms with Crippen molar-refractivity contribution in [1.82, 2.24) is 0 Å². The van der Waals surface area contributed by atoms with Crippen molar-refractivity contribution in [3.8, 4) is 5.75 Å². The number of phosphoric ester groups is 1. The summed E-state index contributed by atoms with van der Waals surface area (Å²) in [5, 5.41) is 0. The van der Waals surface area contributed by atoms with E-state index in [2.05, 4.69) is 9.26 Å². The third-order valence-corrected chi connectivity index (χ3v) is 5.24. The first-order chi connectivity index (χ1) is 15.8. The zero-order valence-corrected chi connectivity index (χ0v) is 17.5. The van der Waals surface area contributed by atoms with Crippen LogP contribution in [0.3, 0.4) is 0 Å². The number of carbonyl (C=O) groups is 2. The maximum Gasteiger partial charge on any atom is 0.474 e. The number of rotatable bonds is 8. The molecule has 0 atom stereocenters. The largest absolute Gasteiger partial charge is 0.487 e. The van der Waals surface area contributed by atoms with Crippen LogP contribution in [0.4, 0.5) is 35.1 Å². The van der Waals surface area contributed by atoms with Crippen LogP contribution in [0.1, 0.15) is 31.8 Å². The lowest BCUT2D eigenvalue weighted by Crippen LogP contribution is -2.64. The highest BCUT2D eigenvalue weighted by atomic mass is 31.2. The summed E-state index contributed by atoms with van der Waals surface area (Å²) >= 11 is 0. The number of carbonyl (C=O) groups excluding carboxylic acids is 2. The van der Waals surface area contributed by atoms with Gasteiger partial charge in [-0.3, -0.25) is 9.59 Å². The Bertz CT molecular complexity index is 1240. The van der Waals surface area contributed by atoms with Gasteiger partial charge < -0.3 is 14.5 Å². The Morgan fingerprint density at radius 3 is 1.74 bits per heavy atom. The lowest BCUT2D eigenvalue weighted by molar-refractivity contribution is -0.412. The highest BCUT2D eigenvalue weighted by molar-refractivity contribution is 7.46. The first kappa shape index (κ1) is 26.7. The van der Waals surface area contributed by atoms with Crippen LogP contribution in [0.15, 0.2) is 42.5 Å². The van der Waals surface area contributed by atoms with Gasteiger partial charge in [0.15, 0.2) is 18.2 Å². The van der Waals surface area contributed by atoms with E-state index in [-0.39, 0.29) is 22.3 Å². The Labute approximate surface area is 189 Å². The summed E-state index contributed by atoms with van der Waals surface area (Å²) in [5.41, 5.74) is -0.608. The average Bonchev–Trinajstić information content (AvgIpc) is 2.74. The first-order valence-corrected chi connectivity index (χ1v) is 10.6. The van der Waals surface area contributed by atoms with Gasteiger partial charge in [0.05, 0.1) is 0 Å². The molecular weight excluding hydrogens is 523 g/mol. The van der Waals surface area contributed by atoms with Crippen molar-refractivity contribution in [1.29, 1.82) is 0 Å². The smallest absolute Gasteiger partial charge is 0.474 e. The van der Waals surface area contributed by atoms with Crippen molar-refractivity contribution in [3.05, 3.63) is 64.7 Å². The minimum atomic E-state index is -7.12. The molecule has 0 aromatic heterocycles. The quantitative estimate of drug-likeness (QED) is 0.325. The number of hydrogen-bond acceptors (Lipinski definition) is 5. The number of ether oxygens (including phenoxy) is 1. The SMILES string of the molecule is O=C1c2ccccc2C(=O)c2cc(OCC(F)(F)C(F)(F)C(F)(F)C(F)(F)OP(=O)(O)O)ccc21. The van der Waals surface area contributed by atoms with Crippen molar-refractivity contribution >= 4 is 19.4 Å². The molecule has 2 aromatic rings. The first-order valence-electron chi connectivity index (χ1n) is 9.05. The Balaban J connectivity index is 1.86. The van der Waals surface area contributed by atoms with Crippen molar-refractivity contribution in [3.63, 3.8) is 0 Å². The zero-order valence-electron chi connectivity index (χ0n) is 16.7. The summed E-state index contributed by atoms with van der Waals surface area (Å²) in [6.45, 7) is -2.64. The van der Waals surface area contributed by atoms with E-state index >= 15 is 0 Å². The van der Waals surface area contributed by atoms with E-state index in [0.717, 1.165) is 12.1 Å². The lowest BCUT2D eigenvalue weighted by Gasteiger charge is -2.35. The Kier molecular flexibility index (Phi) is 6.39. The number of benzene rings is 2. The topological polar surface area (TPSA) is 110 Å². The van der Waals surface area contributed by atoms with E-state index in [1.165, 1.54) is 24.3 Å². The fraction of sp³-hybridized carbons (Fsp3) is 0.263. The number of ketones is 2. The van der Waals surface area contributed by atoms with E-state index in [0.29, 0.717) is 6.07 Å². The second kappa shape index (κ2) is 8.36. The van der Waals surface area contributed by atoms with Gasteiger partial charge in [-0.1, -0.05) is 24.3 Å². The van der Waals surface area contributed by atoms with Crippen LogP contribution in [0.25, 0.3) is 0 Å². The third kappa shape index (κ3) is 4.56. The molecule has 3 rings (SSSR count). The van der Waals surface area contributed by atoms with Crippen molar-refractivity contribution in [2.24, 2.45) is 0 Å². The molecule has 0 unspecified atom stereocenters. The third-order valence-electron chi connectivity index (χ3n) is 4.77. The fourth-order valence-corrected chi connectivity index (χ4v) is 3.47. The predicted molar refractivity (Wildman–Crippen MR) is 98.2 cm³/mol. The van der Waals surface area contributed by atoms with Crippen LogP contribution in [-0.4, -0.2) is 51.8 Å². The number of fused-ring (bicyclic) bond motifs is 2. The molecule has 0 saturated heterocycles. The Hall–Kier alpha value is -2.87. The maximum absolute atomic E-state index is 14.0. The van der Waals surface area contributed by atoms with E-state index in [1.54, 1.807) is 0 Å². The predicted octanol–water partition coefficient (Wildman–Crippen LogP) is 4.45. The minimum Gasteiger partial charge on any atom is -0.487 e. The number of alkyl halides is 8. The summed E-state index contributed by atoms with van der Waals surface area (Å²) < 4.78 is 126. The van der Waals surface area contributed by atoms with Gasteiger partial charge in [0.1, 0.15) is 5.75 Å². The van der Waals surface area contributed by atoms with Gasteiger partial charge in [0, 0.05) is 22.3 Å². The molecule has 0 aliphatic heterocycles. The number of hydrogen-bond donors (Lipinski definition) is 2. The molecule has 0 heterocycles. The number of halogens is 8. The van der Waals surface area contributed by atoms with Gasteiger partial charge in [-0.05, 0) is 18.2 Å². The second-order valence-electron chi connectivity index (χ2n) is 7.15. The summed E-state index contributed by atoms with van der Waals surface area (Å²) in [7, 11) is -6.51. The van der Waals surface area contributed by atoms with Crippen molar-refractivity contribution < 1.29 is 68.3 Å². The monoisotopic (exact) mass is 534 g/mol. The normalized spacial score (nSPS) is 15.0. The van der Waals surface area contributed by atoms with Gasteiger partial charge in [-0.2, -0.15) is 35.1 Å². The van der Waals surface area contributed by atoms with E-state index in [1.807, 2.05) is 0 Å². The van der Waals surface area contributed by atoms with Crippen LogP contribution >= 0.6 is 7.82 Å². The molecule has 0 saturated carbocycles. The summed E-state index contributed by atoms with van der Waals surface area (Å²) in [6.07, 6.45) is -6.72. The van der Waals surface area contributed by atoms with Gasteiger partial charge in [-0.15, -0.1) is 0 Å². The second-order valence-corrected chi connectivity index (χ2v) is 8.32. The molecule has 0 bridgehead atoms. The molecular formula is C19H11F8O7P. The molecule has 16 heteroatoms. The van der Waals surface area contributed by atoms with Crippen LogP contribution in [-0.2, 0) is 9.09 Å². The summed E-state index contributed by atoms with van der Waals surface area (Å²) in [4.78, 5) is 41.5. The molecule has 190 valence electrons. The van der Waals surface area contributed by atoms with E-state index in [9.17, 15) is 49.3 Å². The van der Waals surface area contributed by atoms with Crippen LogP contribution < -0.4 is 4.74 Å². The van der Waals surface area contributed by atoms with E-state index < -0.39 is 55.6 Å². The van der Waals surface area contributed by atoms with Crippen LogP contribution in [0.2, 0.25) is 0 Å². The highest BCUT2D eigenvalue weighted by Gasteiger charge is 2.82. The molecule has 0 amide bonds. The zero-order chi connectivity index (χ0) is 26.6. The molecule has 35 heavy (non-hydrogen) atoms. The van der Waals surface area contributed by atoms with Gasteiger partial charge in [0.25, 0.3) is 0 Å². The van der Waals surface area contributed by atoms with Gasteiger partial charge >= 0.3 is 31.7 Å². The molecule has 0 fully saturated rings. The maximum atomic E-state index is 14.0. The van der Waals surface area contributed by atoms with Crippen molar-refractivity contribution in [2.45, 2.75) is 23.9 Å². The summed E-state index contributed by atoms with van der Waals surface area (Å²) in [5.74, 6) is -22.3. The number of phosphoric acid groups is 1. The molecule has 1 aliphatic rings. The van der Waals surface area contributed by atoms with Gasteiger partial charge in [0.2, 0.25) is 0 Å². The Morgan fingerprint density at radius 1 is 0.743 bits per heavy atom. The summed E-state index contributed by atoms with van der Waals surface area (Å²) in [6, 6.07) is 7.91. The molecule has 0 spiro atoms. The fourth-order valence-electron chi connectivity index (χ4n) is 3.05. The Morgan fingerprint density at radius 2 is 1.23 bits per heavy atom. The highest BCUT2D eigenvalue weighted by Crippen LogP contribution is 2.57.